The number of rotatable bonds is 9. The Morgan fingerprint density at radius 1 is 1.20 bits per heavy atom. The van der Waals surface area contributed by atoms with Gasteiger partial charge in [-0.2, -0.15) is 0 Å². The largest absolute Gasteiger partial charge is 0.395 e. The van der Waals surface area contributed by atoms with Crippen LogP contribution in [0.5, 0.6) is 0 Å². The van der Waals surface area contributed by atoms with E-state index in [1.807, 2.05) is 7.05 Å². The molecule has 0 unspecified atom stereocenters. The first-order valence-corrected chi connectivity index (χ1v) is 7.98. The zero-order chi connectivity index (χ0) is 14.8. The van der Waals surface area contributed by atoms with Gasteiger partial charge in [0, 0.05) is 39.1 Å². The normalized spacial score (nSPS) is 16.6. The highest BCUT2D eigenvalue weighted by atomic mass is 16.3. The molecule has 1 fully saturated rings. The molecule has 5 nitrogen and oxygen atoms in total. The molecule has 0 spiro atoms. The lowest BCUT2D eigenvalue weighted by atomic mass is 9.94. The van der Waals surface area contributed by atoms with Gasteiger partial charge in [-0.05, 0) is 25.8 Å². The van der Waals surface area contributed by atoms with Gasteiger partial charge < -0.3 is 15.7 Å². The first kappa shape index (κ1) is 17.4. The Balaban J connectivity index is 2.35. The number of aliphatic hydroxyl groups excluding tert-OH is 1. The molecule has 3 N–H and O–H groups in total. The van der Waals surface area contributed by atoms with Crippen LogP contribution >= 0.6 is 0 Å². The molecule has 0 radical (unpaired) electrons. The molecule has 5 heteroatoms. The molecule has 0 atom stereocenters. The van der Waals surface area contributed by atoms with E-state index in [2.05, 4.69) is 4.90 Å². The lowest BCUT2D eigenvalue weighted by molar-refractivity contribution is -0.130. The first-order chi connectivity index (χ1) is 9.69. The van der Waals surface area contributed by atoms with E-state index < -0.39 is 0 Å². The van der Waals surface area contributed by atoms with Crippen LogP contribution in [0.4, 0.5) is 0 Å². The van der Waals surface area contributed by atoms with Crippen LogP contribution in [0, 0.1) is 0 Å². The molecular weight excluding hydrogens is 254 g/mol. The highest BCUT2D eigenvalue weighted by Crippen LogP contribution is 2.22. The first-order valence-electron chi connectivity index (χ1n) is 7.98. The van der Waals surface area contributed by atoms with Gasteiger partial charge in [0.15, 0.2) is 0 Å². The summed E-state index contributed by atoms with van der Waals surface area (Å²) in [5.41, 5.74) is 5.46. The van der Waals surface area contributed by atoms with Crippen molar-refractivity contribution >= 4 is 5.91 Å². The Labute approximate surface area is 123 Å². The molecule has 1 saturated carbocycles. The predicted molar refractivity (Wildman–Crippen MR) is 81.5 cm³/mol. The molecule has 0 aromatic heterocycles. The average molecular weight is 285 g/mol. The third-order valence-corrected chi connectivity index (χ3v) is 4.21. The molecule has 1 amide bonds. The van der Waals surface area contributed by atoms with Gasteiger partial charge in [0.2, 0.25) is 5.91 Å². The molecule has 118 valence electrons. The van der Waals surface area contributed by atoms with Gasteiger partial charge in [0.25, 0.3) is 0 Å². The smallest absolute Gasteiger partial charge is 0.223 e. The van der Waals surface area contributed by atoms with Crippen LogP contribution in [0.2, 0.25) is 0 Å². The quantitative estimate of drug-likeness (QED) is 0.658. The fourth-order valence-electron chi connectivity index (χ4n) is 2.93. The molecule has 0 aromatic rings. The topological polar surface area (TPSA) is 69.8 Å². The number of hydrogen-bond donors (Lipinski definition) is 2. The van der Waals surface area contributed by atoms with Crippen molar-refractivity contribution in [3.05, 3.63) is 0 Å². The van der Waals surface area contributed by atoms with E-state index in [9.17, 15) is 9.90 Å². The molecule has 0 heterocycles. The average Bonchev–Trinajstić information content (AvgIpc) is 2.49. The van der Waals surface area contributed by atoms with Crippen LogP contribution in [0.25, 0.3) is 0 Å². The summed E-state index contributed by atoms with van der Waals surface area (Å²) in [4.78, 5) is 16.1. The van der Waals surface area contributed by atoms with Gasteiger partial charge in [-0.1, -0.05) is 19.3 Å². The molecule has 1 aliphatic carbocycles. The second-order valence-corrected chi connectivity index (χ2v) is 5.76. The maximum absolute atomic E-state index is 12.0. The summed E-state index contributed by atoms with van der Waals surface area (Å²) < 4.78 is 0. The summed E-state index contributed by atoms with van der Waals surface area (Å²) in [6.45, 7) is 2.98. The minimum absolute atomic E-state index is 0.174. The fraction of sp³-hybridized carbons (Fsp3) is 0.933. The van der Waals surface area contributed by atoms with Gasteiger partial charge in [0.1, 0.15) is 0 Å². The van der Waals surface area contributed by atoms with Gasteiger partial charge >= 0.3 is 0 Å². The van der Waals surface area contributed by atoms with Crippen LogP contribution in [0.3, 0.4) is 0 Å². The van der Waals surface area contributed by atoms with E-state index in [-0.39, 0.29) is 12.5 Å². The third kappa shape index (κ3) is 6.20. The number of nitrogens with zero attached hydrogens (tertiary/aromatic N) is 2. The predicted octanol–water partition coefficient (Wildman–Crippen LogP) is 0.811. The maximum atomic E-state index is 12.0. The Morgan fingerprint density at radius 2 is 1.90 bits per heavy atom. The van der Waals surface area contributed by atoms with Crippen molar-refractivity contribution in [1.29, 1.82) is 0 Å². The van der Waals surface area contributed by atoms with Crippen molar-refractivity contribution in [2.24, 2.45) is 5.73 Å². The van der Waals surface area contributed by atoms with Gasteiger partial charge in [-0.25, -0.2) is 0 Å². The van der Waals surface area contributed by atoms with E-state index in [1.54, 1.807) is 4.90 Å². The van der Waals surface area contributed by atoms with E-state index in [0.29, 0.717) is 25.6 Å². The monoisotopic (exact) mass is 285 g/mol. The zero-order valence-electron chi connectivity index (χ0n) is 12.9. The number of aliphatic hydroxyl groups is 1. The summed E-state index contributed by atoms with van der Waals surface area (Å²) >= 11 is 0. The molecule has 20 heavy (non-hydrogen) atoms. The molecular formula is C15H31N3O2. The Morgan fingerprint density at radius 3 is 2.50 bits per heavy atom. The molecule has 1 aliphatic rings. The summed E-state index contributed by atoms with van der Waals surface area (Å²) in [5, 5.41) is 9.21. The molecule has 0 aliphatic heterocycles. The van der Waals surface area contributed by atoms with Crippen molar-refractivity contribution in [2.75, 3.05) is 39.8 Å². The lowest BCUT2D eigenvalue weighted by Crippen LogP contribution is -2.41. The second-order valence-electron chi connectivity index (χ2n) is 5.76. The molecule has 0 bridgehead atoms. The van der Waals surface area contributed by atoms with Crippen LogP contribution in [-0.4, -0.2) is 66.7 Å². The Hall–Kier alpha value is -0.650. The zero-order valence-corrected chi connectivity index (χ0v) is 12.9. The second kappa shape index (κ2) is 10.1. The van der Waals surface area contributed by atoms with Gasteiger partial charge in [-0.15, -0.1) is 0 Å². The van der Waals surface area contributed by atoms with Gasteiger partial charge in [0.05, 0.1) is 6.61 Å². The van der Waals surface area contributed by atoms with E-state index in [1.165, 1.54) is 32.1 Å². The summed E-state index contributed by atoms with van der Waals surface area (Å²) in [6.07, 6.45) is 7.68. The summed E-state index contributed by atoms with van der Waals surface area (Å²) in [7, 11) is 1.84. The van der Waals surface area contributed by atoms with Crippen molar-refractivity contribution < 1.29 is 9.90 Å². The van der Waals surface area contributed by atoms with Crippen molar-refractivity contribution in [3.63, 3.8) is 0 Å². The van der Waals surface area contributed by atoms with E-state index in [0.717, 1.165) is 19.5 Å². The number of carbonyl (C=O) groups excluding carboxylic acids is 1. The maximum Gasteiger partial charge on any atom is 0.223 e. The van der Waals surface area contributed by atoms with Crippen LogP contribution in [0.1, 0.15) is 44.9 Å². The minimum Gasteiger partial charge on any atom is -0.395 e. The highest BCUT2D eigenvalue weighted by molar-refractivity contribution is 5.76. The minimum atomic E-state index is 0.174. The number of nitrogens with two attached hydrogens (primary N) is 1. The summed E-state index contributed by atoms with van der Waals surface area (Å²) in [5.74, 6) is 0.178. The van der Waals surface area contributed by atoms with Crippen molar-refractivity contribution in [1.82, 2.24) is 9.80 Å². The van der Waals surface area contributed by atoms with Crippen molar-refractivity contribution in [2.45, 2.75) is 51.0 Å². The van der Waals surface area contributed by atoms with Crippen LogP contribution < -0.4 is 5.73 Å². The number of amides is 1. The molecule has 0 saturated heterocycles. The van der Waals surface area contributed by atoms with Crippen LogP contribution in [-0.2, 0) is 4.79 Å². The Bertz CT molecular complexity index is 268. The van der Waals surface area contributed by atoms with E-state index >= 15 is 0 Å². The third-order valence-electron chi connectivity index (χ3n) is 4.21. The Kier molecular flexibility index (Phi) is 8.82. The highest BCUT2D eigenvalue weighted by Gasteiger charge is 2.21. The summed E-state index contributed by atoms with van der Waals surface area (Å²) in [6, 6.07) is 0.554. The SMILES string of the molecule is CN(CCCN)C(=O)CCN(CCO)C1CCCCC1. The number of hydrogen-bond acceptors (Lipinski definition) is 4. The lowest BCUT2D eigenvalue weighted by Gasteiger charge is -2.34. The van der Waals surface area contributed by atoms with Crippen LogP contribution in [0.15, 0.2) is 0 Å². The van der Waals surface area contributed by atoms with Crippen molar-refractivity contribution in [3.8, 4) is 0 Å². The fourth-order valence-corrected chi connectivity index (χ4v) is 2.93. The molecule has 1 rings (SSSR count). The van der Waals surface area contributed by atoms with Gasteiger partial charge in [-0.3, -0.25) is 9.69 Å². The standard InChI is InChI=1S/C15H31N3O2/c1-17(10-5-9-16)15(20)8-11-18(12-13-19)14-6-3-2-4-7-14/h14,19H,2-13,16H2,1H3. The van der Waals surface area contributed by atoms with E-state index in [4.69, 9.17) is 5.73 Å². The molecule has 0 aromatic carbocycles. The number of carbonyl (C=O) groups is 1.